The van der Waals surface area contributed by atoms with E-state index in [9.17, 15) is 4.39 Å². The average Bonchev–Trinajstić information content (AvgIpc) is 2.73. The Balaban J connectivity index is 2.21. The van der Waals surface area contributed by atoms with E-state index in [-0.39, 0.29) is 5.82 Å². The first-order valence-corrected chi connectivity index (χ1v) is 6.34. The van der Waals surface area contributed by atoms with Crippen LogP contribution >= 0.6 is 22.6 Å². The number of hydrogen-bond acceptors (Lipinski definition) is 0. The zero-order valence-electron chi connectivity index (χ0n) is 8.90. The predicted molar refractivity (Wildman–Crippen MR) is 76.0 cm³/mol. The molecule has 3 rings (SSSR count). The van der Waals surface area contributed by atoms with Crippen molar-refractivity contribution in [3.63, 3.8) is 0 Å². The van der Waals surface area contributed by atoms with Gasteiger partial charge in [0.25, 0.3) is 0 Å². The van der Waals surface area contributed by atoms with Crippen molar-refractivity contribution < 1.29 is 4.39 Å². The summed E-state index contributed by atoms with van der Waals surface area (Å²) in [5.41, 5.74) is 2.11. The maximum atomic E-state index is 12.9. The van der Waals surface area contributed by atoms with Crippen LogP contribution in [-0.4, -0.2) is 4.57 Å². The van der Waals surface area contributed by atoms with Gasteiger partial charge in [0.15, 0.2) is 0 Å². The number of aromatic nitrogens is 1. The molecule has 1 heterocycles. The summed E-state index contributed by atoms with van der Waals surface area (Å²) < 4.78 is 16.2. The van der Waals surface area contributed by atoms with Gasteiger partial charge in [-0.25, -0.2) is 4.39 Å². The number of fused-ring (bicyclic) bond motifs is 1. The lowest BCUT2D eigenvalue weighted by Crippen LogP contribution is -1.91. The van der Waals surface area contributed by atoms with E-state index in [1.54, 1.807) is 12.1 Å². The molecular formula is C14H9FIN. The third-order valence-corrected chi connectivity index (χ3v) is 3.43. The molecule has 2 aromatic carbocycles. The maximum Gasteiger partial charge on any atom is 0.123 e. The molecule has 0 amide bonds. The minimum Gasteiger partial charge on any atom is -0.317 e. The van der Waals surface area contributed by atoms with E-state index in [0.717, 1.165) is 11.2 Å². The van der Waals surface area contributed by atoms with E-state index in [4.69, 9.17) is 0 Å². The van der Waals surface area contributed by atoms with Crippen molar-refractivity contribution in [2.75, 3.05) is 0 Å². The van der Waals surface area contributed by atoms with Gasteiger partial charge in [-0.1, -0.05) is 0 Å². The molecule has 1 aromatic heterocycles. The van der Waals surface area contributed by atoms with Gasteiger partial charge in [0.1, 0.15) is 5.82 Å². The highest BCUT2D eigenvalue weighted by molar-refractivity contribution is 14.1. The van der Waals surface area contributed by atoms with E-state index in [1.807, 2.05) is 6.20 Å². The monoisotopic (exact) mass is 337 g/mol. The van der Waals surface area contributed by atoms with Crippen molar-refractivity contribution in [2.45, 2.75) is 0 Å². The smallest absolute Gasteiger partial charge is 0.123 e. The number of rotatable bonds is 1. The van der Waals surface area contributed by atoms with E-state index >= 15 is 0 Å². The van der Waals surface area contributed by atoms with Gasteiger partial charge in [-0.3, -0.25) is 0 Å². The lowest BCUT2D eigenvalue weighted by Gasteiger charge is -2.05. The zero-order valence-corrected chi connectivity index (χ0v) is 11.1. The van der Waals surface area contributed by atoms with Crippen molar-refractivity contribution in [3.8, 4) is 5.69 Å². The number of hydrogen-bond donors (Lipinski definition) is 0. The molecule has 0 aliphatic heterocycles. The van der Waals surface area contributed by atoms with Crippen LogP contribution in [0.4, 0.5) is 4.39 Å². The Morgan fingerprint density at radius 2 is 1.71 bits per heavy atom. The number of nitrogens with zero attached hydrogens (tertiary/aromatic N) is 1. The summed E-state index contributed by atoms with van der Waals surface area (Å²) in [6.45, 7) is 0. The van der Waals surface area contributed by atoms with Gasteiger partial charge < -0.3 is 4.57 Å². The van der Waals surface area contributed by atoms with Crippen LogP contribution in [0.5, 0.6) is 0 Å². The highest BCUT2D eigenvalue weighted by atomic mass is 127. The molecule has 0 bridgehead atoms. The number of halogens is 2. The minimum absolute atomic E-state index is 0.209. The molecule has 0 unspecified atom stereocenters. The Morgan fingerprint density at radius 3 is 2.47 bits per heavy atom. The Kier molecular flexibility index (Phi) is 2.63. The van der Waals surface area contributed by atoms with E-state index in [1.165, 1.54) is 21.1 Å². The van der Waals surface area contributed by atoms with Crippen molar-refractivity contribution in [2.24, 2.45) is 0 Å². The van der Waals surface area contributed by atoms with Crippen LogP contribution in [0.2, 0.25) is 0 Å². The Hall–Kier alpha value is -1.36. The van der Waals surface area contributed by atoms with Crippen LogP contribution in [-0.2, 0) is 0 Å². The van der Waals surface area contributed by atoms with Gasteiger partial charge in [0, 0.05) is 20.8 Å². The predicted octanol–water partition coefficient (Wildman–Crippen LogP) is 4.37. The molecule has 17 heavy (non-hydrogen) atoms. The van der Waals surface area contributed by atoms with Gasteiger partial charge in [-0.15, -0.1) is 0 Å². The summed E-state index contributed by atoms with van der Waals surface area (Å²) in [5, 5.41) is 1.20. The molecule has 0 spiro atoms. The fourth-order valence-electron chi connectivity index (χ4n) is 1.94. The maximum absolute atomic E-state index is 12.9. The minimum atomic E-state index is -0.209. The molecule has 0 saturated carbocycles. The summed E-state index contributed by atoms with van der Waals surface area (Å²) in [5.74, 6) is -0.209. The van der Waals surface area contributed by atoms with Crippen LogP contribution < -0.4 is 0 Å². The average molecular weight is 337 g/mol. The van der Waals surface area contributed by atoms with Crippen LogP contribution in [0.1, 0.15) is 0 Å². The standard InChI is InChI=1S/C14H9FIN/c15-11-1-4-13(5-2-11)17-8-7-10-9-12(16)3-6-14(10)17/h1-9H. The summed E-state index contributed by atoms with van der Waals surface area (Å²) >= 11 is 2.30. The van der Waals surface area contributed by atoms with Crippen LogP contribution in [0.3, 0.4) is 0 Å². The number of benzene rings is 2. The molecule has 0 saturated heterocycles. The van der Waals surface area contributed by atoms with E-state index in [0.29, 0.717) is 0 Å². The summed E-state index contributed by atoms with van der Waals surface area (Å²) in [4.78, 5) is 0. The molecule has 0 aliphatic carbocycles. The molecule has 0 aliphatic rings. The summed E-state index contributed by atoms with van der Waals surface area (Å²) in [6, 6.07) is 14.9. The molecule has 1 nitrogen and oxygen atoms in total. The molecule has 0 N–H and O–H groups in total. The van der Waals surface area contributed by atoms with Crippen LogP contribution in [0.15, 0.2) is 54.7 Å². The topological polar surface area (TPSA) is 4.93 Å². The fourth-order valence-corrected chi connectivity index (χ4v) is 2.46. The lowest BCUT2D eigenvalue weighted by molar-refractivity contribution is 0.627. The van der Waals surface area contributed by atoms with Gasteiger partial charge in [0.05, 0.1) is 5.52 Å². The first-order chi connectivity index (χ1) is 8.24. The molecule has 0 atom stereocenters. The second-order valence-electron chi connectivity index (χ2n) is 3.87. The van der Waals surface area contributed by atoms with Gasteiger partial charge >= 0.3 is 0 Å². The largest absolute Gasteiger partial charge is 0.317 e. The van der Waals surface area contributed by atoms with Gasteiger partial charge in [-0.2, -0.15) is 0 Å². The lowest BCUT2D eigenvalue weighted by atomic mass is 10.2. The molecule has 3 aromatic rings. The molecule has 0 fully saturated rings. The SMILES string of the molecule is Fc1ccc(-n2ccc3cc(I)ccc32)cc1. The van der Waals surface area contributed by atoms with Gasteiger partial charge in [0.2, 0.25) is 0 Å². The van der Waals surface area contributed by atoms with Crippen molar-refractivity contribution in [1.29, 1.82) is 0 Å². The Bertz CT molecular complexity index is 670. The molecule has 0 radical (unpaired) electrons. The highest BCUT2D eigenvalue weighted by Gasteiger charge is 2.03. The molecule has 84 valence electrons. The molecular weight excluding hydrogens is 328 g/mol. The first-order valence-electron chi connectivity index (χ1n) is 5.26. The quantitative estimate of drug-likeness (QED) is 0.581. The van der Waals surface area contributed by atoms with Gasteiger partial charge in [-0.05, 0) is 71.1 Å². The van der Waals surface area contributed by atoms with E-state index in [2.05, 4.69) is 51.4 Å². The zero-order chi connectivity index (χ0) is 11.8. The van der Waals surface area contributed by atoms with Crippen molar-refractivity contribution >= 4 is 33.5 Å². The van der Waals surface area contributed by atoms with Crippen molar-refractivity contribution in [1.82, 2.24) is 4.57 Å². The first kappa shape index (κ1) is 10.8. The van der Waals surface area contributed by atoms with Crippen LogP contribution in [0, 0.1) is 9.39 Å². The summed E-state index contributed by atoms with van der Waals surface area (Å²) in [6.07, 6.45) is 2.01. The summed E-state index contributed by atoms with van der Waals surface area (Å²) in [7, 11) is 0. The third kappa shape index (κ3) is 1.95. The van der Waals surface area contributed by atoms with E-state index < -0.39 is 0 Å². The second kappa shape index (κ2) is 4.14. The molecule has 3 heteroatoms. The Labute approximate surface area is 112 Å². The normalized spacial score (nSPS) is 10.9. The second-order valence-corrected chi connectivity index (χ2v) is 5.11. The highest BCUT2D eigenvalue weighted by Crippen LogP contribution is 2.22. The van der Waals surface area contributed by atoms with Crippen molar-refractivity contribution in [3.05, 3.63) is 64.1 Å². The third-order valence-electron chi connectivity index (χ3n) is 2.76. The Morgan fingerprint density at radius 1 is 0.941 bits per heavy atom. The fraction of sp³-hybridized carbons (Fsp3) is 0. The van der Waals surface area contributed by atoms with Crippen LogP contribution in [0.25, 0.3) is 16.6 Å².